The Kier molecular flexibility index (Phi) is 3.84. The number of aromatic nitrogens is 2. The highest BCUT2D eigenvalue weighted by Gasteiger charge is 2.21. The van der Waals surface area contributed by atoms with Gasteiger partial charge in [-0.25, -0.2) is 14.4 Å². The number of hydrogen-bond donors (Lipinski definition) is 1. The third-order valence-corrected chi connectivity index (χ3v) is 3.79. The number of anilines is 1. The van der Waals surface area contributed by atoms with E-state index in [1.54, 1.807) is 18.2 Å². The van der Waals surface area contributed by atoms with Crippen molar-refractivity contribution in [3.63, 3.8) is 0 Å². The van der Waals surface area contributed by atoms with Crippen molar-refractivity contribution in [1.82, 2.24) is 9.97 Å². The van der Waals surface area contributed by atoms with Gasteiger partial charge < -0.3 is 10.6 Å². The Hall–Kier alpha value is -2.01. The normalized spacial score (nSPS) is 18.2. The molecule has 0 spiro atoms. The highest BCUT2D eigenvalue weighted by atomic mass is 19.1. The molecule has 0 radical (unpaired) electrons. The predicted octanol–water partition coefficient (Wildman–Crippen LogP) is 2.38. The van der Waals surface area contributed by atoms with Crippen molar-refractivity contribution < 1.29 is 4.39 Å². The van der Waals surface area contributed by atoms with Crippen molar-refractivity contribution in [2.24, 2.45) is 5.73 Å². The van der Waals surface area contributed by atoms with Crippen LogP contribution in [0.15, 0.2) is 30.3 Å². The number of nitrogens with two attached hydrogens (primary N) is 1. The largest absolute Gasteiger partial charge is 0.355 e. The minimum absolute atomic E-state index is 0.182. The zero-order valence-electron chi connectivity index (χ0n) is 12.1. The predicted molar refractivity (Wildman–Crippen MR) is 81.6 cm³/mol. The number of nitrogens with zero attached hydrogens (tertiary/aromatic N) is 3. The van der Waals surface area contributed by atoms with Crippen LogP contribution in [0, 0.1) is 5.82 Å². The van der Waals surface area contributed by atoms with Crippen LogP contribution in [0.4, 0.5) is 10.2 Å². The van der Waals surface area contributed by atoms with Gasteiger partial charge in [0.1, 0.15) is 11.6 Å². The van der Waals surface area contributed by atoms with Gasteiger partial charge in [0.15, 0.2) is 5.82 Å². The molecule has 3 rings (SSSR count). The van der Waals surface area contributed by atoms with E-state index in [1.807, 2.05) is 13.0 Å². The monoisotopic (exact) mass is 286 g/mol. The Labute approximate surface area is 123 Å². The lowest BCUT2D eigenvalue weighted by molar-refractivity contribution is 0.629. The minimum Gasteiger partial charge on any atom is -0.355 e. The lowest BCUT2D eigenvalue weighted by Crippen LogP contribution is -2.27. The summed E-state index contributed by atoms with van der Waals surface area (Å²) in [5, 5.41) is 0. The topological polar surface area (TPSA) is 55.0 Å². The van der Waals surface area contributed by atoms with E-state index in [4.69, 9.17) is 5.73 Å². The summed E-state index contributed by atoms with van der Waals surface area (Å²) < 4.78 is 14.0. The molecule has 1 aliphatic rings. The Balaban J connectivity index is 2.03. The van der Waals surface area contributed by atoms with E-state index < -0.39 is 0 Å². The molecular weight excluding hydrogens is 267 g/mol. The summed E-state index contributed by atoms with van der Waals surface area (Å²) in [5.41, 5.74) is 7.32. The van der Waals surface area contributed by atoms with Gasteiger partial charge >= 0.3 is 0 Å². The molecule has 2 aromatic rings. The fourth-order valence-corrected chi connectivity index (χ4v) is 2.58. The Morgan fingerprint density at radius 1 is 1.33 bits per heavy atom. The summed E-state index contributed by atoms with van der Waals surface area (Å²) in [6, 6.07) is 8.77. The summed E-state index contributed by atoms with van der Waals surface area (Å²) in [5.74, 6) is 0.991. The van der Waals surface area contributed by atoms with E-state index in [0.717, 1.165) is 37.4 Å². The quantitative estimate of drug-likeness (QED) is 0.941. The fourth-order valence-electron chi connectivity index (χ4n) is 2.58. The first-order valence-corrected chi connectivity index (χ1v) is 7.30. The molecule has 1 aromatic heterocycles. The molecule has 2 N–H and O–H groups in total. The first kappa shape index (κ1) is 13.9. The van der Waals surface area contributed by atoms with Crippen molar-refractivity contribution in [1.29, 1.82) is 0 Å². The molecule has 5 heteroatoms. The molecule has 1 aliphatic heterocycles. The lowest BCUT2D eigenvalue weighted by Gasteiger charge is -2.18. The first-order valence-electron chi connectivity index (χ1n) is 7.30. The van der Waals surface area contributed by atoms with Crippen LogP contribution in [0.3, 0.4) is 0 Å². The molecule has 0 saturated carbocycles. The van der Waals surface area contributed by atoms with Crippen LogP contribution in [0.1, 0.15) is 19.0 Å². The molecule has 0 aliphatic carbocycles. The maximum absolute atomic E-state index is 14.0. The zero-order chi connectivity index (χ0) is 14.8. The van der Waals surface area contributed by atoms with Crippen molar-refractivity contribution >= 4 is 5.82 Å². The number of rotatable bonds is 3. The summed E-state index contributed by atoms with van der Waals surface area (Å²) in [7, 11) is 0. The van der Waals surface area contributed by atoms with Crippen molar-refractivity contribution in [2.45, 2.75) is 25.8 Å². The molecule has 0 bridgehead atoms. The molecule has 21 heavy (non-hydrogen) atoms. The van der Waals surface area contributed by atoms with Gasteiger partial charge in [-0.2, -0.15) is 0 Å². The maximum Gasteiger partial charge on any atom is 0.164 e. The average Bonchev–Trinajstić information content (AvgIpc) is 2.94. The molecule has 2 heterocycles. The van der Waals surface area contributed by atoms with E-state index in [0.29, 0.717) is 11.4 Å². The van der Waals surface area contributed by atoms with Gasteiger partial charge in [-0.3, -0.25) is 0 Å². The third-order valence-electron chi connectivity index (χ3n) is 3.79. The molecule has 1 fully saturated rings. The Bertz CT molecular complexity index is 644. The van der Waals surface area contributed by atoms with E-state index in [-0.39, 0.29) is 11.9 Å². The van der Waals surface area contributed by atoms with Crippen LogP contribution in [-0.2, 0) is 6.42 Å². The van der Waals surface area contributed by atoms with Crippen molar-refractivity contribution in [3.8, 4) is 11.4 Å². The SMILES string of the molecule is CCc1cc(N2CCC(N)C2)nc(-c2ccccc2F)n1. The summed E-state index contributed by atoms with van der Waals surface area (Å²) in [6.07, 6.45) is 1.75. The number of aryl methyl sites for hydroxylation is 1. The lowest BCUT2D eigenvalue weighted by atomic mass is 10.2. The van der Waals surface area contributed by atoms with Crippen LogP contribution in [0.2, 0.25) is 0 Å². The van der Waals surface area contributed by atoms with Crippen LogP contribution in [0.5, 0.6) is 0 Å². The minimum atomic E-state index is -0.296. The van der Waals surface area contributed by atoms with Crippen LogP contribution >= 0.6 is 0 Å². The Morgan fingerprint density at radius 2 is 2.14 bits per heavy atom. The molecule has 1 unspecified atom stereocenters. The highest BCUT2D eigenvalue weighted by molar-refractivity contribution is 5.59. The van der Waals surface area contributed by atoms with E-state index in [2.05, 4.69) is 14.9 Å². The summed E-state index contributed by atoms with van der Waals surface area (Å²) >= 11 is 0. The van der Waals surface area contributed by atoms with Gasteiger partial charge in [0.2, 0.25) is 0 Å². The van der Waals surface area contributed by atoms with E-state index in [1.165, 1.54) is 6.07 Å². The smallest absolute Gasteiger partial charge is 0.164 e. The van der Waals surface area contributed by atoms with E-state index in [9.17, 15) is 4.39 Å². The molecule has 1 aromatic carbocycles. The van der Waals surface area contributed by atoms with Gasteiger partial charge in [-0.15, -0.1) is 0 Å². The fraction of sp³-hybridized carbons (Fsp3) is 0.375. The highest BCUT2D eigenvalue weighted by Crippen LogP contribution is 2.24. The summed E-state index contributed by atoms with van der Waals surface area (Å²) in [4.78, 5) is 11.2. The van der Waals surface area contributed by atoms with Gasteiger partial charge in [0, 0.05) is 30.9 Å². The van der Waals surface area contributed by atoms with Gasteiger partial charge in [-0.05, 0) is 25.0 Å². The van der Waals surface area contributed by atoms with E-state index >= 15 is 0 Å². The van der Waals surface area contributed by atoms with Gasteiger partial charge in [0.25, 0.3) is 0 Å². The summed E-state index contributed by atoms with van der Waals surface area (Å²) in [6.45, 7) is 3.71. The Morgan fingerprint density at radius 3 is 2.81 bits per heavy atom. The van der Waals surface area contributed by atoms with Gasteiger partial charge in [0.05, 0.1) is 5.56 Å². The average molecular weight is 286 g/mol. The molecule has 0 amide bonds. The maximum atomic E-state index is 14.0. The standard InChI is InChI=1S/C16H19FN4/c1-2-12-9-15(21-8-7-11(18)10-21)20-16(19-12)13-5-3-4-6-14(13)17/h3-6,9,11H,2,7-8,10,18H2,1H3. The second-order valence-electron chi connectivity index (χ2n) is 5.37. The molecule has 4 nitrogen and oxygen atoms in total. The molecule has 1 atom stereocenters. The molecule has 1 saturated heterocycles. The third kappa shape index (κ3) is 2.88. The first-order chi connectivity index (χ1) is 10.2. The zero-order valence-corrected chi connectivity index (χ0v) is 12.1. The molecule has 110 valence electrons. The number of hydrogen-bond acceptors (Lipinski definition) is 4. The molecular formula is C16H19FN4. The van der Waals surface area contributed by atoms with Gasteiger partial charge in [-0.1, -0.05) is 19.1 Å². The van der Waals surface area contributed by atoms with Crippen molar-refractivity contribution in [3.05, 3.63) is 41.8 Å². The van der Waals surface area contributed by atoms with Crippen LogP contribution in [-0.4, -0.2) is 29.1 Å². The van der Waals surface area contributed by atoms with Crippen molar-refractivity contribution in [2.75, 3.05) is 18.0 Å². The second kappa shape index (κ2) is 5.77. The van der Waals surface area contributed by atoms with Crippen LogP contribution in [0.25, 0.3) is 11.4 Å². The number of benzene rings is 1. The number of halogens is 1. The van der Waals surface area contributed by atoms with Crippen LogP contribution < -0.4 is 10.6 Å². The second-order valence-corrected chi connectivity index (χ2v) is 5.37.